The van der Waals surface area contributed by atoms with E-state index in [0.29, 0.717) is 30.0 Å². The molecule has 2 aromatic carbocycles. The molecule has 11 heteroatoms. The van der Waals surface area contributed by atoms with Gasteiger partial charge in [-0.3, -0.25) is 4.79 Å². The third kappa shape index (κ3) is 5.83. The lowest BCUT2D eigenvalue weighted by atomic mass is 10.1. The molecule has 0 radical (unpaired) electrons. The highest BCUT2D eigenvalue weighted by Gasteiger charge is 2.21. The average Bonchev–Trinajstić information content (AvgIpc) is 3.25. The van der Waals surface area contributed by atoms with Gasteiger partial charge in [-0.2, -0.15) is 8.78 Å². The molecule has 1 aliphatic rings. The van der Waals surface area contributed by atoms with Gasteiger partial charge in [0.25, 0.3) is 0 Å². The molecule has 39 heavy (non-hydrogen) atoms. The Kier molecular flexibility index (Phi) is 7.42. The number of amides is 1. The molecule has 202 valence electrons. The number of hydrogen-bond donors (Lipinski definition) is 2. The predicted octanol–water partition coefficient (Wildman–Crippen LogP) is 4.23. The molecule has 1 fully saturated rings. The molecule has 0 bridgehead atoms. The smallest absolute Gasteiger partial charge is 0.387 e. The molecular weight excluding hydrogens is 504 g/mol. The first kappa shape index (κ1) is 26.1. The van der Waals surface area contributed by atoms with E-state index in [-0.39, 0.29) is 17.4 Å². The van der Waals surface area contributed by atoms with Crippen molar-refractivity contribution in [3.8, 4) is 17.0 Å². The van der Waals surface area contributed by atoms with Gasteiger partial charge in [-0.05, 0) is 31.3 Å². The van der Waals surface area contributed by atoms with Crippen LogP contribution in [0.4, 0.5) is 26.1 Å². The van der Waals surface area contributed by atoms with Crippen LogP contribution in [0.5, 0.6) is 5.75 Å². The molecule has 1 aliphatic heterocycles. The van der Waals surface area contributed by atoms with E-state index in [0.717, 1.165) is 29.6 Å². The van der Waals surface area contributed by atoms with E-state index in [4.69, 9.17) is 10.5 Å². The number of ether oxygens (including phenoxy) is 1. The van der Waals surface area contributed by atoms with Gasteiger partial charge in [-0.1, -0.05) is 18.2 Å². The van der Waals surface area contributed by atoms with Crippen LogP contribution in [0.2, 0.25) is 0 Å². The quantitative estimate of drug-likeness (QED) is 0.327. The number of nitrogens with one attached hydrogen (secondary N) is 1. The number of nitrogens with zero attached hydrogens (tertiary/aromatic N) is 5. The maximum atomic E-state index is 13.5. The standard InChI is InChI=1S/C28H29F2N7O2/c1-35-11-13-37(14-12-35)24-16-25(39-27(29)30)22(15-18(24)7-8-26(31)38)34-28-32-10-9-21(33-28)20-17-36(2)23-6-4-3-5-19(20)23/h3-10,15-17,27H,11-14H2,1-2H3,(H2,31,38)(H,32,33,34). The van der Waals surface area contributed by atoms with E-state index >= 15 is 0 Å². The number of halogens is 2. The van der Waals surface area contributed by atoms with Crippen molar-refractivity contribution in [2.75, 3.05) is 43.4 Å². The van der Waals surface area contributed by atoms with Crippen LogP contribution in [-0.2, 0) is 11.8 Å². The third-order valence-electron chi connectivity index (χ3n) is 6.69. The maximum absolute atomic E-state index is 13.5. The van der Waals surface area contributed by atoms with E-state index in [1.807, 2.05) is 49.1 Å². The van der Waals surface area contributed by atoms with Crippen LogP contribution in [0.3, 0.4) is 0 Å². The van der Waals surface area contributed by atoms with Gasteiger partial charge in [0.05, 0.1) is 11.4 Å². The highest BCUT2D eigenvalue weighted by Crippen LogP contribution is 2.37. The van der Waals surface area contributed by atoms with Gasteiger partial charge in [0, 0.05) is 85.5 Å². The SMILES string of the molecule is CN1CCN(c2cc(OC(F)F)c(Nc3nccc(-c4cn(C)c5ccccc45)n3)cc2C=CC(N)=O)CC1. The van der Waals surface area contributed by atoms with Crippen molar-refractivity contribution < 1.29 is 18.3 Å². The molecule has 2 aromatic heterocycles. The number of benzene rings is 2. The fourth-order valence-electron chi connectivity index (χ4n) is 4.74. The monoisotopic (exact) mass is 533 g/mol. The molecule has 3 N–H and O–H groups in total. The number of carbonyl (C=O) groups is 1. The summed E-state index contributed by atoms with van der Waals surface area (Å²) < 4.78 is 33.9. The Bertz CT molecular complexity index is 1530. The Morgan fingerprint density at radius 2 is 1.90 bits per heavy atom. The van der Waals surface area contributed by atoms with Gasteiger partial charge >= 0.3 is 6.61 Å². The molecule has 1 amide bonds. The van der Waals surface area contributed by atoms with Crippen molar-refractivity contribution in [1.29, 1.82) is 0 Å². The Morgan fingerprint density at radius 3 is 2.64 bits per heavy atom. The molecule has 0 unspecified atom stereocenters. The lowest BCUT2D eigenvalue weighted by Gasteiger charge is -2.35. The molecule has 3 heterocycles. The zero-order valence-corrected chi connectivity index (χ0v) is 21.6. The third-order valence-corrected chi connectivity index (χ3v) is 6.69. The van der Waals surface area contributed by atoms with Crippen molar-refractivity contribution in [3.05, 3.63) is 66.5 Å². The summed E-state index contributed by atoms with van der Waals surface area (Å²) in [6.07, 6.45) is 6.40. The Hall–Kier alpha value is -4.51. The number of rotatable bonds is 8. The van der Waals surface area contributed by atoms with Gasteiger partial charge in [0.2, 0.25) is 11.9 Å². The van der Waals surface area contributed by atoms with Crippen molar-refractivity contribution in [2.24, 2.45) is 12.8 Å². The second-order valence-electron chi connectivity index (χ2n) is 9.37. The lowest BCUT2D eigenvalue weighted by molar-refractivity contribution is -0.113. The second kappa shape index (κ2) is 11.1. The van der Waals surface area contributed by atoms with E-state index < -0.39 is 12.5 Å². The number of piperazine rings is 1. The fraction of sp³-hybridized carbons (Fsp3) is 0.250. The molecule has 5 rings (SSSR count). The van der Waals surface area contributed by atoms with Crippen LogP contribution in [-0.4, -0.2) is 65.2 Å². The Morgan fingerprint density at radius 1 is 1.13 bits per heavy atom. The Labute approximate surface area is 224 Å². The van der Waals surface area contributed by atoms with Crippen molar-refractivity contribution >= 4 is 40.2 Å². The Balaban J connectivity index is 1.55. The van der Waals surface area contributed by atoms with Crippen molar-refractivity contribution in [3.63, 3.8) is 0 Å². The van der Waals surface area contributed by atoms with Crippen LogP contribution >= 0.6 is 0 Å². The zero-order chi connectivity index (χ0) is 27.5. The predicted molar refractivity (Wildman–Crippen MR) is 148 cm³/mol. The van der Waals surface area contributed by atoms with Gasteiger partial charge < -0.3 is 30.2 Å². The largest absolute Gasteiger partial charge is 0.433 e. The minimum atomic E-state index is -3.04. The zero-order valence-electron chi connectivity index (χ0n) is 21.6. The number of aryl methyl sites for hydroxylation is 1. The number of likely N-dealkylation sites (N-methyl/N-ethyl adjacent to an activating group) is 1. The normalized spacial score (nSPS) is 14.4. The first-order valence-corrected chi connectivity index (χ1v) is 12.5. The number of para-hydroxylation sites is 1. The van der Waals surface area contributed by atoms with Crippen LogP contribution < -0.4 is 20.7 Å². The minimum absolute atomic E-state index is 0.0608. The summed E-state index contributed by atoms with van der Waals surface area (Å²) in [5.74, 6) is -0.473. The van der Waals surface area contributed by atoms with Crippen molar-refractivity contribution in [1.82, 2.24) is 19.4 Å². The van der Waals surface area contributed by atoms with Crippen LogP contribution in [0.1, 0.15) is 5.56 Å². The molecule has 0 spiro atoms. The van der Waals surface area contributed by atoms with Crippen LogP contribution in [0.25, 0.3) is 28.2 Å². The summed E-state index contributed by atoms with van der Waals surface area (Å²) in [5.41, 5.74) is 9.50. The van der Waals surface area contributed by atoms with Gasteiger partial charge in [0.1, 0.15) is 0 Å². The molecule has 1 saturated heterocycles. The number of aromatic nitrogens is 3. The highest BCUT2D eigenvalue weighted by molar-refractivity contribution is 5.95. The van der Waals surface area contributed by atoms with E-state index in [1.54, 1.807) is 30.5 Å². The number of hydrogen-bond acceptors (Lipinski definition) is 7. The second-order valence-corrected chi connectivity index (χ2v) is 9.37. The maximum Gasteiger partial charge on any atom is 0.387 e. The van der Waals surface area contributed by atoms with E-state index in [2.05, 4.69) is 25.1 Å². The summed E-state index contributed by atoms with van der Waals surface area (Å²) in [4.78, 5) is 24.7. The summed E-state index contributed by atoms with van der Waals surface area (Å²) in [5, 5.41) is 4.07. The molecule has 0 saturated carbocycles. The fourth-order valence-corrected chi connectivity index (χ4v) is 4.74. The molecule has 0 aliphatic carbocycles. The van der Waals surface area contributed by atoms with Crippen LogP contribution in [0.15, 0.2) is 60.9 Å². The number of nitrogens with two attached hydrogens (primary N) is 1. The van der Waals surface area contributed by atoms with Gasteiger partial charge in [-0.15, -0.1) is 0 Å². The number of primary amides is 1. The van der Waals surface area contributed by atoms with Gasteiger partial charge in [-0.25, -0.2) is 9.97 Å². The lowest BCUT2D eigenvalue weighted by Crippen LogP contribution is -2.44. The average molecular weight is 534 g/mol. The van der Waals surface area contributed by atoms with E-state index in [1.165, 1.54) is 6.08 Å². The number of anilines is 3. The molecule has 9 nitrogen and oxygen atoms in total. The number of alkyl halides is 2. The van der Waals surface area contributed by atoms with E-state index in [9.17, 15) is 13.6 Å². The summed E-state index contributed by atoms with van der Waals surface area (Å²) in [7, 11) is 3.99. The number of carbonyl (C=O) groups excluding carboxylic acids is 1. The van der Waals surface area contributed by atoms with Gasteiger partial charge in [0.15, 0.2) is 5.75 Å². The first-order valence-electron chi connectivity index (χ1n) is 12.5. The summed E-state index contributed by atoms with van der Waals surface area (Å²) in [6, 6.07) is 13.0. The molecule has 4 aromatic rings. The molecular formula is C28H29F2N7O2. The van der Waals surface area contributed by atoms with Crippen molar-refractivity contribution in [2.45, 2.75) is 6.61 Å². The highest BCUT2D eigenvalue weighted by atomic mass is 19.3. The topological polar surface area (TPSA) is 102 Å². The minimum Gasteiger partial charge on any atom is -0.433 e. The van der Waals surface area contributed by atoms with Crippen LogP contribution in [0, 0.1) is 0 Å². The summed E-state index contributed by atoms with van der Waals surface area (Å²) in [6.45, 7) is -0.0611. The molecule has 0 atom stereocenters. The number of fused-ring (bicyclic) bond motifs is 1. The first-order chi connectivity index (χ1) is 18.8. The summed E-state index contributed by atoms with van der Waals surface area (Å²) >= 11 is 0.